The maximum Gasteiger partial charge on any atom is 0.319 e. The predicted octanol–water partition coefficient (Wildman–Crippen LogP) is 3.71. The van der Waals surface area contributed by atoms with Crippen molar-refractivity contribution < 1.29 is 24.2 Å². The highest BCUT2D eigenvalue weighted by atomic mass is 16.5. The van der Waals surface area contributed by atoms with E-state index in [-0.39, 0.29) is 31.0 Å². The van der Waals surface area contributed by atoms with Gasteiger partial charge >= 0.3 is 6.03 Å². The SMILES string of the molecule is CN1C(=O)NC(O)C12Cc1ccc(NC(=O)CN(C(=O)C(C)(C)COCc3ccccc3)c3ccccc3)cc1C2. The molecule has 214 valence electrons. The highest BCUT2D eigenvalue weighted by Gasteiger charge is 2.53. The van der Waals surface area contributed by atoms with Gasteiger partial charge in [-0.1, -0.05) is 54.6 Å². The Hall–Kier alpha value is -4.21. The van der Waals surface area contributed by atoms with E-state index < -0.39 is 17.2 Å². The summed E-state index contributed by atoms with van der Waals surface area (Å²) >= 11 is 0. The van der Waals surface area contributed by atoms with E-state index in [1.54, 1.807) is 24.1 Å². The molecular weight excluding hydrogens is 520 g/mol. The van der Waals surface area contributed by atoms with Gasteiger partial charge in [0, 0.05) is 31.3 Å². The molecule has 1 spiro atoms. The monoisotopic (exact) mass is 556 g/mol. The van der Waals surface area contributed by atoms with Gasteiger partial charge in [0.1, 0.15) is 6.54 Å². The standard InChI is InChI=1S/C32H36N4O5/c1-31(2,21-41-20-22-10-6-4-7-11-22)29(39)36(26-12-8-5-9-13-26)19-27(37)33-25-15-14-23-17-32(18-24(23)16-25)28(38)34-30(40)35(32)3/h4-16,28,38H,17-21H2,1-3H3,(H,33,37)(H,34,40). The van der Waals surface area contributed by atoms with Crippen LogP contribution >= 0.6 is 0 Å². The van der Waals surface area contributed by atoms with Gasteiger partial charge in [0.15, 0.2) is 6.23 Å². The third kappa shape index (κ3) is 5.82. The zero-order valence-corrected chi connectivity index (χ0v) is 23.6. The summed E-state index contributed by atoms with van der Waals surface area (Å²) in [5, 5.41) is 16.1. The quantitative estimate of drug-likeness (QED) is 0.372. The van der Waals surface area contributed by atoms with Gasteiger partial charge in [-0.15, -0.1) is 0 Å². The Bertz CT molecular complexity index is 1430. The number of nitrogens with one attached hydrogen (secondary N) is 2. The van der Waals surface area contributed by atoms with E-state index in [1.807, 2.05) is 80.6 Å². The molecule has 0 radical (unpaired) electrons. The van der Waals surface area contributed by atoms with Crippen LogP contribution in [0.25, 0.3) is 0 Å². The number of aliphatic hydroxyl groups excluding tert-OH is 1. The molecule has 9 nitrogen and oxygen atoms in total. The lowest BCUT2D eigenvalue weighted by Gasteiger charge is -2.32. The van der Waals surface area contributed by atoms with Crippen LogP contribution in [0, 0.1) is 5.41 Å². The Morgan fingerprint density at radius 3 is 2.37 bits per heavy atom. The maximum atomic E-state index is 13.8. The normalized spacial score (nSPS) is 19.7. The first-order chi connectivity index (χ1) is 19.6. The van der Waals surface area contributed by atoms with Gasteiger partial charge in [-0.2, -0.15) is 0 Å². The molecule has 2 aliphatic rings. The van der Waals surface area contributed by atoms with E-state index in [2.05, 4.69) is 10.6 Å². The zero-order valence-electron chi connectivity index (χ0n) is 23.6. The van der Waals surface area contributed by atoms with Crippen molar-refractivity contribution in [3.05, 3.63) is 95.6 Å². The number of hydrogen-bond acceptors (Lipinski definition) is 5. The Morgan fingerprint density at radius 1 is 1.05 bits per heavy atom. The molecule has 0 saturated carbocycles. The minimum atomic E-state index is -0.976. The number of ether oxygens (including phenoxy) is 1. The third-order valence-electron chi connectivity index (χ3n) is 7.99. The molecule has 0 aromatic heterocycles. The van der Waals surface area contributed by atoms with Gasteiger partial charge in [0.25, 0.3) is 0 Å². The number of benzene rings is 3. The highest BCUT2D eigenvalue weighted by Crippen LogP contribution is 2.39. The lowest BCUT2D eigenvalue weighted by molar-refractivity contribution is -0.131. The molecule has 1 aliphatic carbocycles. The molecular formula is C32H36N4O5. The molecule has 1 saturated heterocycles. The number of urea groups is 1. The number of rotatable bonds is 9. The van der Waals surface area contributed by atoms with Gasteiger partial charge in [-0.3, -0.25) is 9.59 Å². The van der Waals surface area contributed by atoms with Crippen LogP contribution < -0.4 is 15.5 Å². The van der Waals surface area contributed by atoms with Crippen molar-refractivity contribution in [2.24, 2.45) is 5.41 Å². The summed E-state index contributed by atoms with van der Waals surface area (Å²) in [6, 6.07) is 24.2. The fourth-order valence-electron chi connectivity index (χ4n) is 5.58. The van der Waals surface area contributed by atoms with E-state index in [4.69, 9.17) is 4.74 Å². The number of anilines is 2. The molecule has 1 aliphatic heterocycles. The van der Waals surface area contributed by atoms with Crippen LogP contribution in [-0.4, -0.2) is 59.8 Å². The van der Waals surface area contributed by atoms with Crippen molar-refractivity contribution in [1.82, 2.24) is 10.2 Å². The predicted molar refractivity (Wildman–Crippen MR) is 156 cm³/mol. The Morgan fingerprint density at radius 2 is 1.71 bits per heavy atom. The smallest absolute Gasteiger partial charge is 0.319 e. The second-order valence-electron chi connectivity index (χ2n) is 11.5. The minimum Gasteiger partial charge on any atom is -0.376 e. The zero-order chi connectivity index (χ0) is 29.2. The first kappa shape index (κ1) is 28.3. The van der Waals surface area contributed by atoms with Crippen LogP contribution in [-0.2, 0) is 33.8 Å². The minimum absolute atomic E-state index is 0.175. The van der Waals surface area contributed by atoms with Crippen molar-refractivity contribution in [2.75, 3.05) is 30.4 Å². The summed E-state index contributed by atoms with van der Waals surface area (Å²) in [6.45, 7) is 4.04. The molecule has 9 heteroatoms. The Labute approximate surface area is 240 Å². The topological polar surface area (TPSA) is 111 Å². The molecule has 2 atom stereocenters. The molecule has 0 bridgehead atoms. The fourth-order valence-corrected chi connectivity index (χ4v) is 5.58. The van der Waals surface area contributed by atoms with E-state index in [1.165, 1.54) is 4.90 Å². The highest BCUT2D eigenvalue weighted by molar-refractivity contribution is 6.04. The van der Waals surface area contributed by atoms with E-state index in [0.29, 0.717) is 30.8 Å². The lowest BCUT2D eigenvalue weighted by atomic mass is 9.92. The Balaban J connectivity index is 1.27. The molecule has 1 heterocycles. The van der Waals surface area contributed by atoms with E-state index in [9.17, 15) is 19.5 Å². The largest absolute Gasteiger partial charge is 0.376 e. The van der Waals surface area contributed by atoms with E-state index >= 15 is 0 Å². The van der Waals surface area contributed by atoms with Crippen molar-refractivity contribution in [3.63, 3.8) is 0 Å². The third-order valence-corrected chi connectivity index (χ3v) is 7.99. The molecule has 2 unspecified atom stereocenters. The number of carbonyl (C=O) groups is 3. The summed E-state index contributed by atoms with van der Waals surface area (Å²) in [5.74, 6) is -0.566. The van der Waals surface area contributed by atoms with Gasteiger partial charge in [0.2, 0.25) is 11.8 Å². The van der Waals surface area contributed by atoms with Gasteiger partial charge in [0.05, 0.1) is 24.2 Å². The van der Waals surface area contributed by atoms with Crippen molar-refractivity contribution in [1.29, 1.82) is 0 Å². The summed E-state index contributed by atoms with van der Waals surface area (Å²) in [6.07, 6.45) is 0.00904. The van der Waals surface area contributed by atoms with Crippen LogP contribution in [0.3, 0.4) is 0 Å². The number of nitrogens with zero attached hydrogens (tertiary/aromatic N) is 2. The number of fused-ring (bicyclic) bond motifs is 1. The second kappa shape index (κ2) is 11.3. The summed E-state index contributed by atoms with van der Waals surface area (Å²) in [5.41, 5.74) is 2.58. The van der Waals surface area contributed by atoms with Crippen LogP contribution in [0.2, 0.25) is 0 Å². The number of hydrogen-bond donors (Lipinski definition) is 3. The van der Waals surface area contributed by atoms with Crippen LogP contribution in [0.4, 0.5) is 16.2 Å². The number of para-hydroxylation sites is 1. The van der Waals surface area contributed by atoms with Crippen molar-refractivity contribution in [3.8, 4) is 0 Å². The first-order valence-corrected chi connectivity index (χ1v) is 13.7. The molecule has 3 N–H and O–H groups in total. The van der Waals surface area contributed by atoms with Gasteiger partial charge in [-0.25, -0.2) is 4.79 Å². The van der Waals surface area contributed by atoms with Crippen molar-refractivity contribution in [2.45, 2.75) is 45.1 Å². The van der Waals surface area contributed by atoms with E-state index in [0.717, 1.165) is 16.7 Å². The summed E-state index contributed by atoms with van der Waals surface area (Å²) in [7, 11) is 1.68. The number of carbonyl (C=O) groups excluding carboxylic acids is 3. The van der Waals surface area contributed by atoms with Crippen molar-refractivity contribution >= 4 is 29.2 Å². The van der Waals surface area contributed by atoms with Gasteiger partial charge in [-0.05, 0) is 54.8 Å². The number of amides is 4. The molecule has 1 fully saturated rings. The summed E-state index contributed by atoms with van der Waals surface area (Å²) in [4.78, 5) is 42.3. The second-order valence-corrected chi connectivity index (χ2v) is 11.5. The Kier molecular flexibility index (Phi) is 7.84. The first-order valence-electron chi connectivity index (χ1n) is 13.7. The lowest BCUT2D eigenvalue weighted by Crippen LogP contribution is -2.51. The molecule has 3 aromatic carbocycles. The van der Waals surface area contributed by atoms with Gasteiger partial charge < -0.3 is 30.3 Å². The van der Waals surface area contributed by atoms with Crippen LogP contribution in [0.15, 0.2) is 78.9 Å². The molecule has 4 amide bonds. The van der Waals surface area contributed by atoms with Crippen LogP contribution in [0.1, 0.15) is 30.5 Å². The number of likely N-dealkylation sites (N-methyl/N-ethyl adjacent to an activating group) is 1. The average Bonchev–Trinajstić information content (AvgIpc) is 3.44. The summed E-state index contributed by atoms with van der Waals surface area (Å²) < 4.78 is 5.90. The molecule has 5 rings (SSSR count). The average molecular weight is 557 g/mol. The number of aliphatic hydroxyl groups is 1. The fraction of sp³-hybridized carbons (Fsp3) is 0.344. The maximum absolute atomic E-state index is 13.8. The van der Waals surface area contributed by atoms with Crippen LogP contribution in [0.5, 0.6) is 0 Å². The molecule has 3 aromatic rings. The molecule has 41 heavy (non-hydrogen) atoms.